The highest BCUT2D eigenvalue weighted by molar-refractivity contribution is 5.63. The second-order valence-electron chi connectivity index (χ2n) is 5.25. The highest BCUT2D eigenvalue weighted by Crippen LogP contribution is 2.29. The number of anilines is 1. The standard InChI is InChI=1S/C14H20FN3O2/c1-3-17-6-4-5-11(9-17)16-13-7-10(2)12(15)8-14(13)18(19)20/h7-8,11,16H,3-6,9H2,1-2H3. The van der Waals surface area contributed by atoms with Gasteiger partial charge >= 0.3 is 0 Å². The molecule has 1 unspecified atom stereocenters. The highest BCUT2D eigenvalue weighted by Gasteiger charge is 2.23. The van der Waals surface area contributed by atoms with Crippen molar-refractivity contribution in [1.82, 2.24) is 4.90 Å². The Balaban J connectivity index is 2.19. The molecule has 2 rings (SSSR count). The molecule has 6 heteroatoms. The number of halogens is 1. The molecule has 20 heavy (non-hydrogen) atoms. The van der Waals surface area contributed by atoms with Gasteiger partial charge in [0.15, 0.2) is 0 Å². The number of nitrogens with one attached hydrogen (secondary N) is 1. The van der Waals surface area contributed by atoms with E-state index in [0.29, 0.717) is 11.3 Å². The maximum atomic E-state index is 13.5. The minimum atomic E-state index is -0.541. The molecule has 1 aromatic rings. The quantitative estimate of drug-likeness (QED) is 0.681. The zero-order chi connectivity index (χ0) is 14.7. The number of rotatable bonds is 4. The Hall–Kier alpha value is -1.69. The Kier molecular flexibility index (Phi) is 4.54. The van der Waals surface area contributed by atoms with Gasteiger partial charge in [-0.1, -0.05) is 6.92 Å². The molecular formula is C14H20FN3O2. The van der Waals surface area contributed by atoms with Gasteiger partial charge in [-0.05, 0) is 44.5 Å². The average molecular weight is 281 g/mol. The van der Waals surface area contributed by atoms with E-state index in [1.165, 1.54) is 6.07 Å². The summed E-state index contributed by atoms with van der Waals surface area (Å²) in [5, 5.41) is 14.2. The van der Waals surface area contributed by atoms with E-state index in [1.54, 1.807) is 6.92 Å². The van der Waals surface area contributed by atoms with Gasteiger partial charge in [0.25, 0.3) is 5.69 Å². The number of nitro groups is 1. The van der Waals surface area contributed by atoms with Gasteiger partial charge in [-0.3, -0.25) is 10.1 Å². The second kappa shape index (κ2) is 6.17. The van der Waals surface area contributed by atoms with Crippen molar-refractivity contribution >= 4 is 11.4 Å². The molecule has 0 aromatic heterocycles. The number of likely N-dealkylation sites (N-methyl/N-ethyl adjacent to an activating group) is 1. The summed E-state index contributed by atoms with van der Waals surface area (Å²) in [7, 11) is 0. The lowest BCUT2D eigenvalue weighted by molar-refractivity contribution is -0.384. The van der Waals surface area contributed by atoms with Crippen LogP contribution < -0.4 is 5.32 Å². The van der Waals surface area contributed by atoms with Crippen molar-refractivity contribution in [3.63, 3.8) is 0 Å². The Bertz CT molecular complexity index is 507. The molecule has 1 aromatic carbocycles. The number of nitro benzene ring substituents is 1. The van der Waals surface area contributed by atoms with Gasteiger partial charge in [-0.25, -0.2) is 4.39 Å². The molecule has 1 heterocycles. The molecule has 0 radical (unpaired) electrons. The van der Waals surface area contributed by atoms with E-state index in [0.717, 1.165) is 38.5 Å². The molecule has 1 aliphatic rings. The van der Waals surface area contributed by atoms with Crippen LogP contribution in [0.5, 0.6) is 0 Å². The first-order valence-corrected chi connectivity index (χ1v) is 6.94. The molecule has 1 saturated heterocycles. The Morgan fingerprint density at radius 1 is 1.55 bits per heavy atom. The number of hydrogen-bond donors (Lipinski definition) is 1. The van der Waals surface area contributed by atoms with Crippen molar-refractivity contribution in [2.45, 2.75) is 32.7 Å². The van der Waals surface area contributed by atoms with Crippen LogP contribution in [-0.4, -0.2) is 35.5 Å². The van der Waals surface area contributed by atoms with Gasteiger partial charge < -0.3 is 10.2 Å². The third kappa shape index (κ3) is 3.25. The fraction of sp³-hybridized carbons (Fsp3) is 0.571. The summed E-state index contributed by atoms with van der Waals surface area (Å²) < 4.78 is 13.5. The van der Waals surface area contributed by atoms with Gasteiger partial charge in [0.05, 0.1) is 11.0 Å². The number of likely N-dealkylation sites (tertiary alicyclic amines) is 1. The summed E-state index contributed by atoms with van der Waals surface area (Å²) in [5.74, 6) is -0.541. The summed E-state index contributed by atoms with van der Waals surface area (Å²) in [5.41, 5.74) is 0.639. The lowest BCUT2D eigenvalue weighted by atomic mass is 10.0. The van der Waals surface area contributed by atoms with Gasteiger partial charge in [0.1, 0.15) is 11.5 Å². The molecule has 1 aliphatic heterocycles. The van der Waals surface area contributed by atoms with Crippen LogP contribution in [0.3, 0.4) is 0 Å². The van der Waals surface area contributed by atoms with Crippen molar-refractivity contribution in [3.8, 4) is 0 Å². The van der Waals surface area contributed by atoms with Crippen LogP contribution in [0.4, 0.5) is 15.8 Å². The first-order chi connectivity index (χ1) is 9.51. The van der Waals surface area contributed by atoms with Gasteiger partial charge in [0, 0.05) is 12.6 Å². The van der Waals surface area contributed by atoms with E-state index in [-0.39, 0.29) is 11.7 Å². The van der Waals surface area contributed by atoms with Crippen molar-refractivity contribution in [3.05, 3.63) is 33.6 Å². The summed E-state index contributed by atoms with van der Waals surface area (Å²) in [6.07, 6.45) is 2.05. The molecule has 0 bridgehead atoms. The van der Waals surface area contributed by atoms with E-state index in [4.69, 9.17) is 0 Å². The van der Waals surface area contributed by atoms with Crippen LogP contribution in [0.2, 0.25) is 0 Å². The summed E-state index contributed by atoms with van der Waals surface area (Å²) >= 11 is 0. The van der Waals surface area contributed by atoms with Gasteiger partial charge in [-0.15, -0.1) is 0 Å². The van der Waals surface area contributed by atoms with Crippen LogP contribution in [0.15, 0.2) is 12.1 Å². The zero-order valence-corrected chi connectivity index (χ0v) is 11.9. The highest BCUT2D eigenvalue weighted by atomic mass is 19.1. The number of piperidine rings is 1. The first-order valence-electron chi connectivity index (χ1n) is 6.94. The SMILES string of the molecule is CCN1CCCC(Nc2cc(C)c(F)cc2[N+](=O)[O-])C1. The topological polar surface area (TPSA) is 58.4 Å². The summed E-state index contributed by atoms with van der Waals surface area (Å²) in [4.78, 5) is 12.8. The summed E-state index contributed by atoms with van der Waals surface area (Å²) in [6.45, 7) is 6.63. The molecule has 0 saturated carbocycles. The minimum absolute atomic E-state index is 0.173. The largest absolute Gasteiger partial charge is 0.375 e. The lowest BCUT2D eigenvalue weighted by Gasteiger charge is -2.32. The number of hydrogen-bond acceptors (Lipinski definition) is 4. The van der Waals surface area contributed by atoms with Crippen molar-refractivity contribution in [1.29, 1.82) is 0 Å². The average Bonchev–Trinajstić information content (AvgIpc) is 2.42. The molecule has 1 atom stereocenters. The zero-order valence-electron chi connectivity index (χ0n) is 11.9. The maximum Gasteiger partial charge on any atom is 0.295 e. The molecular weight excluding hydrogens is 261 g/mol. The van der Waals surface area contributed by atoms with Crippen molar-refractivity contribution < 1.29 is 9.31 Å². The van der Waals surface area contributed by atoms with E-state index in [2.05, 4.69) is 17.1 Å². The molecule has 110 valence electrons. The number of benzene rings is 1. The van der Waals surface area contributed by atoms with Crippen LogP contribution in [-0.2, 0) is 0 Å². The van der Waals surface area contributed by atoms with Crippen LogP contribution >= 0.6 is 0 Å². The first kappa shape index (κ1) is 14.7. The third-order valence-electron chi connectivity index (χ3n) is 3.79. The lowest BCUT2D eigenvalue weighted by Crippen LogP contribution is -2.41. The molecule has 5 nitrogen and oxygen atoms in total. The Labute approximate surface area is 117 Å². The van der Waals surface area contributed by atoms with Crippen molar-refractivity contribution in [2.24, 2.45) is 0 Å². The van der Waals surface area contributed by atoms with Crippen LogP contribution in [0.1, 0.15) is 25.3 Å². The van der Waals surface area contributed by atoms with E-state index in [9.17, 15) is 14.5 Å². The normalized spacial score (nSPS) is 19.9. The second-order valence-corrected chi connectivity index (χ2v) is 5.25. The molecule has 1 N–H and O–H groups in total. The summed E-state index contributed by atoms with van der Waals surface area (Å²) in [6, 6.07) is 2.70. The third-order valence-corrected chi connectivity index (χ3v) is 3.79. The maximum absolute atomic E-state index is 13.5. The molecule has 0 aliphatic carbocycles. The van der Waals surface area contributed by atoms with E-state index >= 15 is 0 Å². The predicted molar refractivity (Wildman–Crippen MR) is 76.6 cm³/mol. The fourth-order valence-electron chi connectivity index (χ4n) is 2.62. The van der Waals surface area contributed by atoms with Crippen LogP contribution in [0, 0.1) is 22.9 Å². The molecule has 0 amide bonds. The number of nitrogens with zero attached hydrogens (tertiary/aromatic N) is 2. The minimum Gasteiger partial charge on any atom is -0.375 e. The molecule has 0 spiro atoms. The van der Waals surface area contributed by atoms with E-state index in [1.807, 2.05) is 0 Å². The number of aryl methyl sites for hydroxylation is 1. The predicted octanol–water partition coefficient (Wildman–Crippen LogP) is 2.94. The van der Waals surface area contributed by atoms with Crippen molar-refractivity contribution in [2.75, 3.05) is 25.0 Å². The smallest absolute Gasteiger partial charge is 0.295 e. The Morgan fingerprint density at radius 2 is 2.30 bits per heavy atom. The fourth-order valence-corrected chi connectivity index (χ4v) is 2.62. The molecule has 1 fully saturated rings. The van der Waals surface area contributed by atoms with Crippen LogP contribution in [0.25, 0.3) is 0 Å². The monoisotopic (exact) mass is 281 g/mol. The Morgan fingerprint density at radius 3 is 2.95 bits per heavy atom. The van der Waals surface area contributed by atoms with Gasteiger partial charge in [0.2, 0.25) is 0 Å². The van der Waals surface area contributed by atoms with Gasteiger partial charge in [-0.2, -0.15) is 0 Å². The van der Waals surface area contributed by atoms with E-state index < -0.39 is 10.7 Å².